The Balaban J connectivity index is 3.36. The number of amides is 1. The van der Waals surface area contributed by atoms with Gasteiger partial charge in [0.05, 0.1) is 4.92 Å². The Bertz CT molecular complexity index is 471. The van der Waals surface area contributed by atoms with Gasteiger partial charge in [-0.15, -0.1) is 0 Å². The highest BCUT2D eigenvalue weighted by atomic mass is 16.6. The van der Waals surface area contributed by atoms with E-state index in [0.717, 1.165) is 5.69 Å². The molecule has 0 bridgehead atoms. The molecule has 0 unspecified atom stereocenters. The third-order valence-corrected chi connectivity index (χ3v) is 2.23. The van der Waals surface area contributed by atoms with E-state index >= 15 is 0 Å². The van der Waals surface area contributed by atoms with E-state index < -0.39 is 11.0 Å². The molecule has 0 aliphatic rings. The Morgan fingerprint density at radius 3 is 2.47 bits per heavy atom. The van der Waals surface area contributed by atoms with Gasteiger partial charge in [0.15, 0.2) is 0 Å². The van der Waals surface area contributed by atoms with Gasteiger partial charge in [0.25, 0.3) is 5.69 Å². The van der Waals surface area contributed by atoms with Crippen LogP contribution in [0, 0.1) is 17.0 Å². The molecule has 1 aromatic rings. The maximum absolute atomic E-state index is 10.8. The molecule has 7 nitrogen and oxygen atoms in total. The average molecular weight is 239 g/mol. The highest BCUT2D eigenvalue weighted by Crippen LogP contribution is 2.32. The van der Waals surface area contributed by atoms with E-state index in [9.17, 15) is 14.9 Å². The van der Waals surface area contributed by atoms with Crippen LogP contribution in [0.2, 0.25) is 0 Å². The summed E-state index contributed by atoms with van der Waals surface area (Å²) in [6.45, 7) is 1.73. The van der Waals surface area contributed by atoms with Gasteiger partial charge < -0.3 is 10.0 Å². The molecule has 0 atom stereocenters. The van der Waals surface area contributed by atoms with Crippen molar-refractivity contribution in [3.8, 4) is 0 Å². The highest BCUT2D eigenvalue weighted by Gasteiger charge is 2.18. The standard InChI is InChI=1S/C10H13N3O4/c1-6-4-9(13(16)17)7(11-10(14)15)5-8(6)12(2)3/h4-5,11H,1-3H3,(H,14,15). The first kappa shape index (κ1) is 12.8. The summed E-state index contributed by atoms with van der Waals surface area (Å²) in [6, 6.07) is 2.79. The van der Waals surface area contributed by atoms with Gasteiger partial charge in [-0.3, -0.25) is 15.4 Å². The average Bonchev–Trinajstić information content (AvgIpc) is 2.18. The third kappa shape index (κ3) is 2.83. The van der Waals surface area contributed by atoms with Crippen LogP contribution in [0.15, 0.2) is 12.1 Å². The van der Waals surface area contributed by atoms with Crippen molar-refractivity contribution in [2.24, 2.45) is 0 Å². The molecular weight excluding hydrogens is 226 g/mol. The lowest BCUT2D eigenvalue weighted by molar-refractivity contribution is -0.384. The molecule has 0 aliphatic heterocycles. The van der Waals surface area contributed by atoms with E-state index in [2.05, 4.69) is 0 Å². The third-order valence-electron chi connectivity index (χ3n) is 2.23. The van der Waals surface area contributed by atoms with Gasteiger partial charge in [0.1, 0.15) is 5.69 Å². The number of rotatable bonds is 3. The van der Waals surface area contributed by atoms with Crippen LogP contribution >= 0.6 is 0 Å². The number of aryl methyl sites for hydroxylation is 1. The van der Waals surface area contributed by atoms with Crippen LogP contribution in [0.25, 0.3) is 0 Å². The van der Waals surface area contributed by atoms with E-state index in [-0.39, 0.29) is 11.4 Å². The summed E-state index contributed by atoms with van der Waals surface area (Å²) >= 11 is 0. The molecule has 1 amide bonds. The zero-order valence-electron chi connectivity index (χ0n) is 9.72. The summed E-state index contributed by atoms with van der Waals surface area (Å²) in [7, 11) is 3.55. The fourth-order valence-electron chi connectivity index (χ4n) is 1.53. The van der Waals surface area contributed by atoms with Crippen molar-refractivity contribution in [3.05, 3.63) is 27.8 Å². The molecule has 0 aromatic heterocycles. The molecule has 0 spiro atoms. The van der Waals surface area contributed by atoms with Crippen molar-refractivity contribution in [2.75, 3.05) is 24.3 Å². The Morgan fingerprint density at radius 1 is 1.47 bits per heavy atom. The minimum Gasteiger partial charge on any atom is -0.465 e. The quantitative estimate of drug-likeness (QED) is 0.621. The molecule has 2 N–H and O–H groups in total. The first-order chi connectivity index (χ1) is 7.82. The molecule has 0 radical (unpaired) electrons. The van der Waals surface area contributed by atoms with Crippen LogP contribution < -0.4 is 10.2 Å². The van der Waals surface area contributed by atoms with Crippen molar-refractivity contribution in [2.45, 2.75) is 6.92 Å². The highest BCUT2D eigenvalue weighted by molar-refractivity contribution is 5.88. The Morgan fingerprint density at radius 2 is 2.06 bits per heavy atom. The minimum absolute atomic E-state index is 0.0307. The molecular formula is C10H13N3O4. The molecule has 0 aliphatic carbocycles. The van der Waals surface area contributed by atoms with E-state index in [1.54, 1.807) is 25.9 Å². The molecule has 0 heterocycles. The van der Waals surface area contributed by atoms with Gasteiger partial charge in [-0.05, 0) is 18.6 Å². The summed E-state index contributed by atoms with van der Waals surface area (Å²) in [5.41, 5.74) is 1.14. The number of benzene rings is 1. The number of nitro benzene ring substituents is 1. The second-order valence-corrected chi connectivity index (χ2v) is 3.74. The van der Waals surface area contributed by atoms with E-state index in [4.69, 9.17) is 5.11 Å². The summed E-state index contributed by atoms with van der Waals surface area (Å²) in [4.78, 5) is 22.5. The van der Waals surface area contributed by atoms with Crippen LogP contribution in [0.4, 0.5) is 21.9 Å². The lowest BCUT2D eigenvalue weighted by Gasteiger charge is -2.16. The molecule has 0 fully saturated rings. The fraction of sp³-hybridized carbons (Fsp3) is 0.300. The maximum atomic E-state index is 10.8. The fourth-order valence-corrected chi connectivity index (χ4v) is 1.53. The largest absolute Gasteiger partial charge is 0.465 e. The van der Waals surface area contributed by atoms with Gasteiger partial charge in [0, 0.05) is 25.8 Å². The van der Waals surface area contributed by atoms with Crippen LogP contribution in [0.1, 0.15) is 5.56 Å². The SMILES string of the molecule is Cc1cc([N+](=O)[O-])c(NC(=O)O)cc1N(C)C. The van der Waals surface area contributed by atoms with Gasteiger partial charge in [0.2, 0.25) is 0 Å². The van der Waals surface area contributed by atoms with E-state index in [1.165, 1.54) is 12.1 Å². The van der Waals surface area contributed by atoms with Gasteiger partial charge in [-0.1, -0.05) is 0 Å². The van der Waals surface area contributed by atoms with Crippen molar-refractivity contribution in [3.63, 3.8) is 0 Å². The lowest BCUT2D eigenvalue weighted by Crippen LogP contribution is -2.14. The van der Waals surface area contributed by atoms with E-state index in [1.807, 2.05) is 5.32 Å². The van der Waals surface area contributed by atoms with Gasteiger partial charge in [-0.2, -0.15) is 0 Å². The predicted molar refractivity (Wildman–Crippen MR) is 63.8 cm³/mol. The maximum Gasteiger partial charge on any atom is 0.409 e. The number of nitrogens with zero attached hydrogens (tertiary/aromatic N) is 2. The zero-order valence-corrected chi connectivity index (χ0v) is 9.72. The first-order valence-corrected chi connectivity index (χ1v) is 4.79. The molecule has 1 aromatic carbocycles. The first-order valence-electron chi connectivity index (χ1n) is 4.79. The minimum atomic E-state index is -1.33. The van der Waals surface area contributed by atoms with Crippen molar-refractivity contribution in [1.29, 1.82) is 0 Å². The number of carboxylic acid groups (broad SMARTS) is 1. The van der Waals surface area contributed by atoms with Crippen LogP contribution in [-0.2, 0) is 0 Å². The second kappa shape index (κ2) is 4.69. The molecule has 92 valence electrons. The second-order valence-electron chi connectivity index (χ2n) is 3.74. The summed E-state index contributed by atoms with van der Waals surface area (Å²) in [5.74, 6) is 0. The van der Waals surface area contributed by atoms with Gasteiger partial charge >= 0.3 is 6.09 Å². The lowest BCUT2D eigenvalue weighted by atomic mass is 10.1. The van der Waals surface area contributed by atoms with Crippen LogP contribution in [0.5, 0.6) is 0 Å². The Hall–Kier alpha value is -2.31. The summed E-state index contributed by atoms with van der Waals surface area (Å²) in [6.07, 6.45) is -1.33. The topological polar surface area (TPSA) is 95.7 Å². The van der Waals surface area contributed by atoms with E-state index in [0.29, 0.717) is 5.56 Å². The zero-order chi connectivity index (χ0) is 13.2. The molecule has 0 saturated carbocycles. The number of nitro groups is 1. The molecule has 0 saturated heterocycles. The van der Waals surface area contributed by atoms with Crippen molar-refractivity contribution in [1.82, 2.24) is 0 Å². The Labute approximate surface area is 97.8 Å². The van der Waals surface area contributed by atoms with Crippen LogP contribution in [-0.4, -0.2) is 30.2 Å². The number of nitrogens with one attached hydrogen (secondary N) is 1. The normalized spacial score (nSPS) is 9.82. The number of anilines is 2. The molecule has 7 heteroatoms. The van der Waals surface area contributed by atoms with Gasteiger partial charge in [-0.25, -0.2) is 4.79 Å². The number of carbonyl (C=O) groups is 1. The van der Waals surface area contributed by atoms with Crippen molar-refractivity contribution < 1.29 is 14.8 Å². The van der Waals surface area contributed by atoms with Crippen LogP contribution in [0.3, 0.4) is 0 Å². The number of hydrogen-bond donors (Lipinski definition) is 2. The Kier molecular flexibility index (Phi) is 3.52. The molecule has 1 rings (SSSR count). The monoisotopic (exact) mass is 239 g/mol. The smallest absolute Gasteiger partial charge is 0.409 e. The summed E-state index contributed by atoms with van der Waals surface area (Å²) in [5, 5.41) is 21.4. The number of hydrogen-bond acceptors (Lipinski definition) is 4. The summed E-state index contributed by atoms with van der Waals surface area (Å²) < 4.78 is 0. The molecule has 17 heavy (non-hydrogen) atoms. The van der Waals surface area contributed by atoms with Crippen molar-refractivity contribution >= 4 is 23.2 Å². The predicted octanol–water partition coefficient (Wildman–Crippen LogP) is 2.06.